The van der Waals surface area contributed by atoms with E-state index >= 15 is 0 Å². The van der Waals surface area contributed by atoms with E-state index in [0.717, 1.165) is 10.6 Å². The Hall–Kier alpha value is -1.86. The molecule has 0 unspecified atom stereocenters. The number of nitrogens with zero attached hydrogens (tertiary/aromatic N) is 1. The SMILES string of the molecule is [2H][C@@]1(n2ccc(=O)[nH]c2=O)OC(=C)[C@H]2OC(C)(C)O[C@H]21. The van der Waals surface area contributed by atoms with Gasteiger partial charge < -0.3 is 14.2 Å². The molecule has 0 radical (unpaired) electrons. The standard InChI is InChI=1S/C12H14N2O5/c1-6-8-9(19-12(2,3)18-8)10(17-6)14-5-4-7(15)13-11(14)16/h4-5,8-10H,1H2,2-3H3,(H,13,15,16)/t8-,9-,10-/m1/s1/i10D. The fourth-order valence-corrected chi connectivity index (χ4v) is 2.20. The fourth-order valence-electron chi connectivity index (χ4n) is 2.20. The van der Waals surface area contributed by atoms with E-state index in [-0.39, 0.29) is 5.76 Å². The van der Waals surface area contributed by atoms with Gasteiger partial charge in [0.2, 0.25) is 6.20 Å². The van der Waals surface area contributed by atoms with E-state index in [1.165, 1.54) is 6.20 Å². The summed E-state index contributed by atoms with van der Waals surface area (Å²) >= 11 is 0. The van der Waals surface area contributed by atoms with Crippen molar-refractivity contribution >= 4 is 0 Å². The third-order valence-corrected chi connectivity index (χ3v) is 2.95. The summed E-state index contributed by atoms with van der Waals surface area (Å²) in [6.45, 7) is 7.10. The zero-order valence-corrected chi connectivity index (χ0v) is 10.5. The van der Waals surface area contributed by atoms with E-state index in [1.807, 2.05) is 0 Å². The summed E-state index contributed by atoms with van der Waals surface area (Å²) in [5, 5.41) is 0. The summed E-state index contributed by atoms with van der Waals surface area (Å²) in [6, 6.07) is 1.14. The van der Waals surface area contributed by atoms with Crippen molar-refractivity contribution in [2.75, 3.05) is 0 Å². The number of fused-ring (bicyclic) bond motifs is 1. The quantitative estimate of drug-likeness (QED) is 0.780. The molecule has 7 nitrogen and oxygen atoms in total. The van der Waals surface area contributed by atoms with Gasteiger partial charge in [0.05, 0.1) is 0 Å². The van der Waals surface area contributed by atoms with Crippen LogP contribution in [0.4, 0.5) is 0 Å². The van der Waals surface area contributed by atoms with Gasteiger partial charge in [-0.3, -0.25) is 14.3 Å². The summed E-state index contributed by atoms with van der Waals surface area (Å²) in [7, 11) is 0. The van der Waals surface area contributed by atoms with E-state index in [2.05, 4.69) is 11.6 Å². The maximum absolute atomic E-state index is 11.9. The van der Waals surface area contributed by atoms with Crippen LogP contribution < -0.4 is 11.2 Å². The van der Waals surface area contributed by atoms with Crippen LogP contribution >= 0.6 is 0 Å². The smallest absolute Gasteiger partial charge is 0.331 e. The molecule has 2 saturated heterocycles. The van der Waals surface area contributed by atoms with Gasteiger partial charge in [0.25, 0.3) is 5.56 Å². The molecule has 0 amide bonds. The minimum absolute atomic E-state index is 0.216. The maximum Gasteiger partial charge on any atom is 0.331 e. The fraction of sp³-hybridized carbons (Fsp3) is 0.500. The Morgan fingerprint density at radius 1 is 1.47 bits per heavy atom. The number of hydrogen-bond acceptors (Lipinski definition) is 5. The topological polar surface area (TPSA) is 82.6 Å². The van der Waals surface area contributed by atoms with Crippen molar-refractivity contribution in [2.24, 2.45) is 0 Å². The Morgan fingerprint density at radius 3 is 2.89 bits per heavy atom. The van der Waals surface area contributed by atoms with Crippen LogP contribution in [0, 0.1) is 0 Å². The zero-order chi connectivity index (χ0) is 14.7. The summed E-state index contributed by atoms with van der Waals surface area (Å²) in [6.07, 6.45) is -2.16. The first-order chi connectivity index (χ1) is 9.23. The third-order valence-electron chi connectivity index (χ3n) is 2.95. The Morgan fingerprint density at radius 2 is 2.21 bits per heavy atom. The van der Waals surface area contributed by atoms with Crippen LogP contribution in [0.15, 0.2) is 34.2 Å². The summed E-state index contributed by atoms with van der Waals surface area (Å²) in [5.74, 6) is -0.686. The second-order valence-corrected chi connectivity index (χ2v) is 4.86. The van der Waals surface area contributed by atoms with Crippen LogP contribution in [0.1, 0.15) is 21.4 Å². The summed E-state index contributed by atoms with van der Waals surface area (Å²) in [4.78, 5) is 25.1. The highest BCUT2D eigenvalue weighted by Crippen LogP contribution is 2.43. The Labute approximate surface area is 109 Å². The lowest BCUT2D eigenvalue weighted by Crippen LogP contribution is -2.37. The first-order valence-corrected chi connectivity index (χ1v) is 5.79. The van der Waals surface area contributed by atoms with E-state index in [9.17, 15) is 9.59 Å². The average Bonchev–Trinajstić information content (AvgIpc) is 2.75. The van der Waals surface area contributed by atoms with Gasteiger partial charge in [0, 0.05) is 12.3 Å². The molecule has 0 aromatic carbocycles. The number of H-pyrrole nitrogens is 1. The van der Waals surface area contributed by atoms with Crippen molar-refractivity contribution in [3.05, 3.63) is 45.4 Å². The molecule has 2 aliphatic heterocycles. The van der Waals surface area contributed by atoms with Crippen LogP contribution in [0.25, 0.3) is 0 Å². The van der Waals surface area contributed by atoms with Crippen molar-refractivity contribution in [3.63, 3.8) is 0 Å². The molecule has 1 aromatic heterocycles. The van der Waals surface area contributed by atoms with Gasteiger partial charge in [0.1, 0.15) is 13.2 Å². The van der Waals surface area contributed by atoms with Gasteiger partial charge >= 0.3 is 5.69 Å². The van der Waals surface area contributed by atoms with E-state index in [4.69, 9.17) is 15.6 Å². The lowest BCUT2D eigenvalue weighted by molar-refractivity contribution is -0.174. The van der Waals surface area contributed by atoms with E-state index in [1.54, 1.807) is 13.8 Å². The van der Waals surface area contributed by atoms with Crippen LogP contribution in [-0.2, 0) is 14.2 Å². The molecule has 2 aliphatic rings. The van der Waals surface area contributed by atoms with Crippen LogP contribution in [0.3, 0.4) is 0 Å². The van der Waals surface area contributed by atoms with Gasteiger partial charge in [-0.25, -0.2) is 4.79 Å². The minimum Gasteiger partial charge on any atom is -0.469 e. The van der Waals surface area contributed by atoms with Gasteiger partial charge in [0.15, 0.2) is 11.9 Å². The maximum atomic E-state index is 11.9. The minimum atomic E-state index is -1.86. The molecule has 7 heteroatoms. The van der Waals surface area contributed by atoms with Crippen molar-refractivity contribution in [1.82, 2.24) is 9.55 Å². The van der Waals surface area contributed by atoms with Crippen molar-refractivity contribution in [2.45, 2.75) is 38.0 Å². The number of rotatable bonds is 1. The van der Waals surface area contributed by atoms with Gasteiger partial charge in [-0.15, -0.1) is 0 Å². The molecule has 3 rings (SSSR count). The second-order valence-electron chi connectivity index (χ2n) is 4.86. The summed E-state index contributed by atoms with van der Waals surface area (Å²) in [5.41, 5.74) is -1.30. The molecule has 1 N–H and O–H groups in total. The molecule has 19 heavy (non-hydrogen) atoms. The number of nitrogens with one attached hydrogen (secondary N) is 1. The molecule has 0 bridgehead atoms. The van der Waals surface area contributed by atoms with Gasteiger partial charge in [-0.1, -0.05) is 6.58 Å². The van der Waals surface area contributed by atoms with Crippen LogP contribution in [0.2, 0.25) is 0 Å². The Kier molecular flexibility index (Phi) is 2.21. The highest BCUT2D eigenvalue weighted by atomic mass is 16.8. The van der Waals surface area contributed by atoms with E-state index < -0.39 is 35.4 Å². The molecular weight excluding hydrogens is 252 g/mol. The molecule has 102 valence electrons. The first-order valence-electron chi connectivity index (χ1n) is 6.29. The third kappa shape index (κ3) is 1.91. The summed E-state index contributed by atoms with van der Waals surface area (Å²) < 4.78 is 26.0. The Balaban J connectivity index is 2.10. The predicted molar refractivity (Wildman–Crippen MR) is 64.4 cm³/mol. The normalized spacial score (nSPS) is 36.7. The van der Waals surface area contributed by atoms with Crippen molar-refractivity contribution in [3.8, 4) is 0 Å². The molecule has 0 saturated carbocycles. The molecule has 3 atom stereocenters. The number of aromatic nitrogens is 2. The highest BCUT2D eigenvalue weighted by Gasteiger charge is 2.53. The monoisotopic (exact) mass is 267 g/mol. The molecule has 0 aliphatic carbocycles. The van der Waals surface area contributed by atoms with Gasteiger partial charge in [-0.2, -0.15) is 0 Å². The van der Waals surface area contributed by atoms with Crippen molar-refractivity contribution < 1.29 is 15.6 Å². The lowest BCUT2D eigenvalue weighted by atomic mass is 10.2. The van der Waals surface area contributed by atoms with Crippen LogP contribution in [-0.4, -0.2) is 27.5 Å². The first kappa shape index (κ1) is 11.0. The van der Waals surface area contributed by atoms with Crippen LogP contribution in [0.5, 0.6) is 0 Å². The highest BCUT2D eigenvalue weighted by molar-refractivity contribution is 5.10. The average molecular weight is 267 g/mol. The van der Waals surface area contributed by atoms with E-state index in [0.29, 0.717) is 0 Å². The second kappa shape index (κ2) is 3.82. The molecule has 1 aromatic rings. The number of ether oxygens (including phenoxy) is 3. The lowest BCUT2D eigenvalue weighted by Gasteiger charge is -2.23. The number of aromatic amines is 1. The number of hydrogen-bond donors (Lipinski definition) is 1. The predicted octanol–water partition coefficient (Wildman–Crippen LogP) is 0.0992. The molecule has 0 spiro atoms. The van der Waals surface area contributed by atoms with Gasteiger partial charge in [-0.05, 0) is 13.8 Å². The molecule has 3 heterocycles. The molecular formula is C12H14N2O5. The molecule has 2 fully saturated rings. The Bertz CT molecular complexity index is 694. The van der Waals surface area contributed by atoms with Crippen molar-refractivity contribution in [1.29, 1.82) is 0 Å². The zero-order valence-electron chi connectivity index (χ0n) is 11.5. The largest absolute Gasteiger partial charge is 0.469 e.